The zero-order chi connectivity index (χ0) is 24.9. The van der Waals surface area contributed by atoms with Crippen LogP contribution in [0.2, 0.25) is 0 Å². The van der Waals surface area contributed by atoms with Crippen molar-refractivity contribution in [1.82, 2.24) is 20.1 Å². The highest BCUT2D eigenvalue weighted by molar-refractivity contribution is 5.86. The lowest BCUT2D eigenvalue weighted by Gasteiger charge is -2.37. The van der Waals surface area contributed by atoms with Crippen molar-refractivity contribution >= 4 is 23.5 Å². The average molecular weight is 496 g/mol. The molecule has 3 atom stereocenters. The standard InChI is InChI=1S/C28H41N5O3/c34-26-23-19-22(27(35)32-17-15-31(16-18-32)25-11-5-7-12-29-25)20-24(23)33(14-8-2-1-6-13-30-26)28(36)21-9-3-4-10-21/h5,7,11-12,21-24H,1-4,6,8-10,13-20H2,(H,30,34)/t22-,23-,24+/m1/s1. The van der Waals surface area contributed by atoms with E-state index >= 15 is 0 Å². The average Bonchev–Trinajstić information content (AvgIpc) is 3.60. The van der Waals surface area contributed by atoms with Gasteiger partial charge < -0.3 is 20.0 Å². The van der Waals surface area contributed by atoms with Crippen LogP contribution in [0.4, 0.5) is 5.82 Å². The molecule has 5 rings (SSSR count). The lowest BCUT2D eigenvalue weighted by molar-refractivity contribution is -0.141. The number of nitrogens with one attached hydrogen (secondary N) is 1. The first-order chi connectivity index (χ1) is 17.6. The predicted octanol–water partition coefficient (Wildman–Crippen LogP) is 2.83. The Labute approximate surface area is 214 Å². The number of piperazine rings is 1. The molecule has 1 aromatic heterocycles. The summed E-state index contributed by atoms with van der Waals surface area (Å²) < 4.78 is 0. The van der Waals surface area contributed by atoms with Gasteiger partial charge in [0, 0.05) is 63.3 Å². The van der Waals surface area contributed by atoms with Crippen molar-refractivity contribution in [3.8, 4) is 0 Å². The minimum Gasteiger partial charge on any atom is -0.356 e. The number of anilines is 1. The molecule has 2 aliphatic heterocycles. The smallest absolute Gasteiger partial charge is 0.225 e. The lowest BCUT2D eigenvalue weighted by Crippen LogP contribution is -2.50. The number of pyridine rings is 1. The largest absolute Gasteiger partial charge is 0.356 e. The van der Waals surface area contributed by atoms with Gasteiger partial charge in [-0.3, -0.25) is 14.4 Å². The van der Waals surface area contributed by atoms with E-state index < -0.39 is 0 Å². The highest BCUT2D eigenvalue weighted by atomic mass is 16.2. The summed E-state index contributed by atoms with van der Waals surface area (Å²) in [6.07, 6.45) is 11.2. The van der Waals surface area contributed by atoms with Crippen molar-refractivity contribution in [1.29, 1.82) is 0 Å². The second-order valence-corrected chi connectivity index (χ2v) is 11.1. The summed E-state index contributed by atoms with van der Waals surface area (Å²) in [5, 5.41) is 3.13. The molecule has 3 heterocycles. The van der Waals surface area contributed by atoms with Crippen molar-refractivity contribution in [2.45, 2.75) is 70.3 Å². The van der Waals surface area contributed by atoms with Crippen LogP contribution in [0.3, 0.4) is 0 Å². The Morgan fingerprint density at radius 2 is 1.61 bits per heavy atom. The Morgan fingerprint density at radius 3 is 2.36 bits per heavy atom. The normalized spacial score (nSPS) is 28.4. The number of hydrogen-bond donors (Lipinski definition) is 1. The third-order valence-electron chi connectivity index (χ3n) is 8.79. The van der Waals surface area contributed by atoms with Crippen LogP contribution in [-0.2, 0) is 14.4 Å². The van der Waals surface area contributed by atoms with Gasteiger partial charge in [-0.2, -0.15) is 0 Å². The first kappa shape index (κ1) is 25.0. The summed E-state index contributed by atoms with van der Waals surface area (Å²) in [7, 11) is 0. The van der Waals surface area contributed by atoms with Crippen molar-refractivity contribution in [2.24, 2.45) is 17.8 Å². The van der Waals surface area contributed by atoms with E-state index in [-0.39, 0.29) is 41.5 Å². The highest BCUT2D eigenvalue weighted by Gasteiger charge is 2.47. The first-order valence-corrected chi connectivity index (χ1v) is 14.1. The van der Waals surface area contributed by atoms with Crippen LogP contribution in [0, 0.1) is 17.8 Å². The monoisotopic (exact) mass is 495 g/mol. The van der Waals surface area contributed by atoms with E-state index in [0.717, 1.165) is 70.3 Å². The van der Waals surface area contributed by atoms with E-state index in [0.29, 0.717) is 39.0 Å². The maximum atomic E-state index is 13.6. The first-order valence-electron chi connectivity index (χ1n) is 14.1. The fourth-order valence-corrected chi connectivity index (χ4v) is 6.75. The summed E-state index contributed by atoms with van der Waals surface area (Å²) >= 11 is 0. The molecule has 8 heteroatoms. The Morgan fingerprint density at radius 1 is 0.833 bits per heavy atom. The van der Waals surface area contributed by atoms with Gasteiger partial charge in [0.15, 0.2) is 0 Å². The minimum atomic E-state index is -0.294. The molecule has 4 fully saturated rings. The van der Waals surface area contributed by atoms with Crippen LogP contribution >= 0.6 is 0 Å². The number of fused-ring (bicyclic) bond motifs is 1. The van der Waals surface area contributed by atoms with Gasteiger partial charge in [0.2, 0.25) is 17.7 Å². The van der Waals surface area contributed by atoms with Gasteiger partial charge in [-0.25, -0.2) is 4.98 Å². The maximum Gasteiger partial charge on any atom is 0.225 e. The summed E-state index contributed by atoms with van der Waals surface area (Å²) in [5.74, 6) is 0.952. The summed E-state index contributed by atoms with van der Waals surface area (Å²) in [5.41, 5.74) is 0. The van der Waals surface area contributed by atoms with Gasteiger partial charge in [0.05, 0.1) is 5.92 Å². The van der Waals surface area contributed by atoms with E-state index in [4.69, 9.17) is 0 Å². The number of rotatable bonds is 3. The second kappa shape index (κ2) is 11.6. The maximum absolute atomic E-state index is 13.6. The van der Waals surface area contributed by atoms with Crippen LogP contribution in [0.5, 0.6) is 0 Å². The molecule has 2 saturated carbocycles. The van der Waals surface area contributed by atoms with Gasteiger partial charge in [0.25, 0.3) is 0 Å². The number of amides is 3. The third-order valence-corrected chi connectivity index (χ3v) is 8.79. The summed E-state index contributed by atoms with van der Waals surface area (Å²) in [6.45, 7) is 4.25. The number of carbonyl (C=O) groups excluding carboxylic acids is 3. The molecular weight excluding hydrogens is 454 g/mol. The Hall–Kier alpha value is -2.64. The third kappa shape index (κ3) is 5.52. The zero-order valence-corrected chi connectivity index (χ0v) is 21.4. The molecule has 1 N–H and O–H groups in total. The fourth-order valence-electron chi connectivity index (χ4n) is 6.75. The van der Waals surface area contributed by atoms with Gasteiger partial charge >= 0.3 is 0 Å². The lowest BCUT2D eigenvalue weighted by atomic mass is 9.97. The molecule has 0 unspecified atom stereocenters. The van der Waals surface area contributed by atoms with Crippen LogP contribution in [-0.4, -0.2) is 77.8 Å². The minimum absolute atomic E-state index is 0.0291. The fraction of sp³-hybridized carbons (Fsp3) is 0.714. The zero-order valence-electron chi connectivity index (χ0n) is 21.4. The van der Waals surface area contributed by atoms with Crippen LogP contribution in [0.25, 0.3) is 0 Å². The summed E-state index contributed by atoms with van der Waals surface area (Å²) in [4.78, 5) is 51.2. The second-order valence-electron chi connectivity index (χ2n) is 11.1. The Kier molecular flexibility index (Phi) is 8.07. The van der Waals surface area contributed by atoms with Crippen molar-refractivity contribution in [3.63, 3.8) is 0 Å². The van der Waals surface area contributed by atoms with E-state index in [1.54, 1.807) is 6.20 Å². The Balaban J connectivity index is 1.28. The van der Waals surface area contributed by atoms with E-state index in [1.807, 2.05) is 28.0 Å². The molecule has 1 aromatic rings. The Bertz CT molecular complexity index is 911. The number of carbonyl (C=O) groups is 3. The van der Waals surface area contributed by atoms with E-state index in [1.165, 1.54) is 0 Å². The van der Waals surface area contributed by atoms with Crippen molar-refractivity contribution < 1.29 is 14.4 Å². The number of aromatic nitrogens is 1. The van der Waals surface area contributed by atoms with Gasteiger partial charge in [-0.05, 0) is 50.7 Å². The van der Waals surface area contributed by atoms with Crippen LogP contribution in [0.1, 0.15) is 64.2 Å². The molecule has 2 saturated heterocycles. The predicted molar refractivity (Wildman–Crippen MR) is 138 cm³/mol. The van der Waals surface area contributed by atoms with E-state index in [2.05, 4.69) is 15.2 Å². The van der Waals surface area contributed by atoms with Gasteiger partial charge in [0.1, 0.15) is 5.82 Å². The molecule has 0 spiro atoms. The SMILES string of the molecule is O=C1NCCCCCCN(C(=O)C2CCCC2)[C@H]2C[C@H](C(=O)N3CCN(c4ccccn4)CC3)C[C@@H]12. The van der Waals surface area contributed by atoms with Crippen molar-refractivity contribution in [2.75, 3.05) is 44.2 Å². The quantitative estimate of drug-likeness (QED) is 0.697. The molecule has 3 amide bonds. The van der Waals surface area contributed by atoms with E-state index in [9.17, 15) is 14.4 Å². The summed E-state index contributed by atoms with van der Waals surface area (Å²) in [6, 6.07) is 5.74. The number of hydrogen-bond acceptors (Lipinski definition) is 5. The van der Waals surface area contributed by atoms with Gasteiger partial charge in [-0.1, -0.05) is 31.7 Å². The molecule has 0 radical (unpaired) electrons. The molecular formula is C28H41N5O3. The molecule has 36 heavy (non-hydrogen) atoms. The van der Waals surface area contributed by atoms with Crippen molar-refractivity contribution in [3.05, 3.63) is 24.4 Å². The molecule has 196 valence electrons. The molecule has 0 aromatic carbocycles. The molecule has 2 aliphatic carbocycles. The molecule has 8 nitrogen and oxygen atoms in total. The molecule has 4 aliphatic rings. The molecule has 0 bridgehead atoms. The number of nitrogens with zero attached hydrogens (tertiary/aromatic N) is 4. The topological polar surface area (TPSA) is 85.8 Å². The van der Waals surface area contributed by atoms with Crippen LogP contribution in [0.15, 0.2) is 24.4 Å². The van der Waals surface area contributed by atoms with Crippen LogP contribution < -0.4 is 10.2 Å². The highest BCUT2D eigenvalue weighted by Crippen LogP contribution is 2.39. The van der Waals surface area contributed by atoms with Gasteiger partial charge in [-0.15, -0.1) is 0 Å².